The minimum Gasteiger partial charge on any atom is -0.393 e. The van der Waals surface area contributed by atoms with E-state index in [1.165, 1.54) is 0 Å². The number of H-pyrrole nitrogens is 1. The minimum atomic E-state index is -0.165. The van der Waals surface area contributed by atoms with Crippen LogP contribution in [0.4, 0.5) is 0 Å². The fourth-order valence-corrected chi connectivity index (χ4v) is 4.15. The lowest BCUT2D eigenvalue weighted by Gasteiger charge is -2.32. The standard InChI is InChI=1S/C19H28N6O2/c1-23-17(13-24-10-6-15(26)7-11-24)21-22-18(23)14-4-3-9-25(12-14)19(27)16-5-2-8-20-16/h2,5,8,14-15,20,26H,3-4,6-7,9-13H2,1H3/t14-/m1/s1. The molecule has 4 heterocycles. The van der Waals surface area contributed by atoms with Crippen molar-refractivity contribution in [3.05, 3.63) is 35.7 Å². The van der Waals surface area contributed by atoms with E-state index in [9.17, 15) is 9.90 Å². The fraction of sp³-hybridized carbons (Fsp3) is 0.632. The van der Waals surface area contributed by atoms with E-state index in [2.05, 4.69) is 24.6 Å². The number of likely N-dealkylation sites (tertiary alicyclic amines) is 2. The molecule has 0 spiro atoms. The number of aromatic amines is 1. The predicted molar refractivity (Wildman–Crippen MR) is 100 cm³/mol. The maximum atomic E-state index is 12.6. The van der Waals surface area contributed by atoms with E-state index in [-0.39, 0.29) is 17.9 Å². The van der Waals surface area contributed by atoms with Gasteiger partial charge >= 0.3 is 0 Å². The Kier molecular flexibility index (Phi) is 5.27. The van der Waals surface area contributed by atoms with Crippen LogP contribution in [0.25, 0.3) is 0 Å². The zero-order valence-electron chi connectivity index (χ0n) is 15.8. The second-order valence-corrected chi connectivity index (χ2v) is 7.71. The monoisotopic (exact) mass is 372 g/mol. The zero-order valence-corrected chi connectivity index (χ0v) is 15.8. The molecule has 2 aliphatic rings. The van der Waals surface area contributed by atoms with Crippen molar-refractivity contribution in [2.45, 2.75) is 44.2 Å². The Balaban J connectivity index is 1.42. The molecule has 0 aliphatic carbocycles. The molecule has 2 fully saturated rings. The van der Waals surface area contributed by atoms with Crippen LogP contribution in [0.1, 0.15) is 53.7 Å². The van der Waals surface area contributed by atoms with Crippen LogP contribution in [-0.4, -0.2) is 72.8 Å². The summed E-state index contributed by atoms with van der Waals surface area (Å²) in [6, 6.07) is 3.67. The maximum Gasteiger partial charge on any atom is 0.270 e. The van der Waals surface area contributed by atoms with E-state index >= 15 is 0 Å². The summed E-state index contributed by atoms with van der Waals surface area (Å²) >= 11 is 0. The largest absolute Gasteiger partial charge is 0.393 e. The highest BCUT2D eigenvalue weighted by atomic mass is 16.3. The molecular formula is C19H28N6O2. The van der Waals surface area contributed by atoms with E-state index in [0.29, 0.717) is 12.2 Å². The summed E-state index contributed by atoms with van der Waals surface area (Å²) in [5.74, 6) is 2.19. The average Bonchev–Trinajstić information content (AvgIpc) is 3.34. The van der Waals surface area contributed by atoms with Gasteiger partial charge in [-0.3, -0.25) is 9.69 Å². The molecule has 4 rings (SSSR count). The second kappa shape index (κ2) is 7.82. The van der Waals surface area contributed by atoms with Crippen molar-refractivity contribution in [2.75, 3.05) is 26.2 Å². The van der Waals surface area contributed by atoms with Crippen molar-refractivity contribution in [3.63, 3.8) is 0 Å². The number of carbonyl (C=O) groups excluding carboxylic acids is 1. The Hall–Kier alpha value is -2.19. The molecular weight excluding hydrogens is 344 g/mol. The molecule has 2 aromatic heterocycles. The van der Waals surface area contributed by atoms with Gasteiger partial charge in [-0.05, 0) is 37.8 Å². The highest BCUT2D eigenvalue weighted by molar-refractivity contribution is 5.92. The summed E-state index contributed by atoms with van der Waals surface area (Å²) < 4.78 is 2.10. The Morgan fingerprint density at radius 1 is 1.26 bits per heavy atom. The average molecular weight is 372 g/mol. The third-order valence-corrected chi connectivity index (χ3v) is 5.82. The van der Waals surface area contributed by atoms with Crippen LogP contribution in [-0.2, 0) is 13.6 Å². The fourth-order valence-electron chi connectivity index (χ4n) is 4.15. The number of hydrogen-bond donors (Lipinski definition) is 2. The lowest BCUT2D eigenvalue weighted by Crippen LogP contribution is -2.40. The van der Waals surface area contributed by atoms with Gasteiger partial charge in [0.25, 0.3) is 5.91 Å². The number of aliphatic hydroxyl groups is 1. The van der Waals surface area contributed by atoms with Crippen molar-refractivity contribution >= 4 is 5.91 Å². The van der Waals surface area contributed by atoms with Gasteiger partial charge in [-0.1, -0.05) is 0 Å². The van der Waals surface area contributed by atoms with Crippen molar-refractivity contribution in [2.24, 2.45) is 7.05 Å². The van der Waals surface area contributed by atoms with Crippen LogP contribution in [0.5, 0.6) is 0 Å². The van der Waals surface area contributed by atoms with Gasteiger partial charge in [0, 0.05) is 45.3 Å². The van der Waals surface area contributed by atoms with Crippen LogP contribution < -0.4 is 0 Å². The SMILES string of the molecule is Cn1c(CN2CCC(O)CC2)nnc1[C@@H]1CCCN(C(=O)c2ccc[nH]2)C1. The lowest BCUT2D eigenvalue weighted by atomic mass is 9.97. The van der Waals surface area contributed by atoms with Gasteiger partial charge in [-0.25, -0.2) is 0 Å². The molecule has 2 aromatic rings. The summed E-state index contributed by atoms with van der Waals surface area (Å²) in [6.07, 6.45) is 5.26. The van der Waals surface area contributed by atoms with E-state index in [0.717, 1.165) is 63.5 Å². The highest BCUT2D eigenvalue weighted by Crippen LogP contribution is 2.27. The van der Waals surface area contributed by atoms with Crippen LogP contribution >= 0.6 is 0 Å². The van der Waals surface area contributed by atoms with Gasteiger partial charge < -0.3 is 19.6 Å². The molecule has 8 heteroatoms. The molecule has 0 unspecified atom stereocenters. The number of rotatable bonds is 4. The second-order valence-electron chi connectivity index (χ2n) is 7.71. The third kappa shape index (κ3) is 3.91. The van der Waals surface area contributed by atoms with E-state index < -0.39 is 0 Å². The molecule has 2 N–H and O–H groups in total. The molecule has 0 aromatic carbocycles. The zero-order chi connectivity index (χ0) is 18.8. The Bertz CT molecular complexity index is 763. The smallest absolute Gasteiger partial charge is 0.270 e. The van der Waals surface area contributed by atoms with Crippen LogP contribution in [0, 0.1) is 0 Å². The molecule has 8 nitrogen and oxygen atoms in total. The van der Waals surface area contributed by atoms with E-state index in [4.69, 9.17) is 0 Å². The first kappa shape index (κ1) is 18.2. The number of aromatic nitrogens is 4. The van der Waals surface area contributed by atoms with E-state index in [1.807, 2.05) is 24.1 Å². The molecule has 2 aliphatic heterocycles. The number of carbonyl (C=O) groups is 1. The van der Waals surface area contributed by atoms with Gasteiger partial charge in [-0.2, -0.15) is 0 Å². The van der Waals surface area contributed by atoms with Crippen LogP contribution in [0.3, 0.4) is 0 Å². The van der Waals surface area contributed by atoms with Gasteiger partial charge in [0.15, 0.2) is 0 Å². The van der Waals surface area contributed by atoms with Crippen molar-refractivity contribution < 1.29 is 9.90 Å². The van der Waals surface area contributed by atoms with Gasteiger partial charge in [0.2, 0.25) is 0 Å². The molecule has 0 saturated carbocycles. The Morgan fingerprint density at radius 3 is 2.81 bits per heavy atom. The summed E-state index contributed by atoms with van der Waals surface area (Å²) in [5, 5.41) is 18.6. The minimum absolute atomic E-state index is 0.0546. The van der Waals surface area contributed by atoms with Crippen molar-refractivity contribution in [3.8, 4) is 0 Å². The number of amides is 1. The summed E-state index contributed by atoms with van der Waals surface area (Å²) in [4.78, 5) is 19.9. The number of nitrogens with one attached hydrogen (secondary N) is 1. The molecule has 0 bridgehead atoms. The first-order valence-electron chi connectivity index (χ1n) is 9.83. The highest BCUT2D eigenvalue weighted by Gasteiger charge is 2.29. The van der Waals surface area contributed by atoms with Gasteiger partial charge in [-0.15, -0.1) is 10.2 Å². The summed E-state index contributed by atoms with van der Waals surface area (Å²) in [6.45, 7) is 4.01. The maximum absolute atomic E-state index is 12.6. The number of piperidine rings is 2. The molecule has 146 valence electrons. The number of nitrogens with zero attached hydrogens (tertiary/aromatic N) is 5. The number of aliphatic hydroxyl groups excluding tert-OH is 1. The molecule has 2 saturated heterocycles. The summed E-state index contributed by atoms with van der Waals surface area (Å²) in [5.41, 5.74) is 0.640. The third-order valence-electron chi connectivity index (χ3n) is 5.82. The topological polar surface area (TPSA) is 90.3 Å². The Morgan fingerprint density at radius 2 is 2.07 bits per heavy atom. The van der Waals surface area contributed by atoms with Gasteiger partial charge in [0.05, 0.1) is 12.6 Å². The predicted octanol–water partition coefficient (Wildman–Crippen LogP) is 1.12. The van der Waals surface area contributed by atoms with Crippen molar-refractivity contribution in [1.82, 2.24) is 29.5 Å². The number of hydrogen-bond acceptors (Lipinski definition) is 5. The molecule has 1 atom stereocenters. The van der Waals surface area contributed by atoms with Crippen LogP contribution in [0.2, 0.25) is 0 Å². The lowest BCUT2D eigenvalue weighted by molar-refractivity contribution is 0.0697. The first-order chi connectivity index (χ1) is 13.1. The Labute approximate surface area is 159 Å². The van der Waals surface area contributed by atoms with E-state index in [1.54, 1.807) is 6.20 Å². The van der Waals surface area contributed by atoms with Gasteiger partial charge in [0.1, 0.15) is 17.3 Å². The quantitative estimate of drug-likeness (QED) is 0.839. The summed E-state index contributed by atoms with van der Waals surface area (Å²) in [7, 11) is 2.02. The molecule has 0 radical (unpaired) electrons. The van der Waals surface area contributed by atoms with Crippen molar-refractivity contribution in [1.29, 1.82) is 0 Å². The molecule has 1 amide bonds. The first-order valence-corrected chi connectivity index (χ1v) is 9.83. The van der Waals surface area contributed by atoms with Crippen LogP contribution in [0.15, 0.2) is 18.3 Å². The normalized spacial score (nSPS) is 22.3. The molecule has 27 heavy (non-hydrogen) atoms.